The molecule has 1 aromatic heterocycles. The zero-order valence-electron chi connectivity index (χ0n) is 21.7. The molecular weight excluding hydrogens is 504 g/mol. The SMILES string of the molecule is O=C(N[C@@H](Cc1ccc(OCc2ccccc2)c(OCc2ccccc2)c1)C(=O)O)c1ccnc2ccccc12. The highest BCUT2D eigenvalue weighted by Gasteiger charge is 2.23. The average molecular weight is 533 g/mol. The lowest BCUT2D eigenvalue weighted by Gasteiger charge is -2.18. The first-order valence-electron chi connectivity index (χ1n) is 12.9. The smallest absolute Gasteiger partial charge is 0.326 e. The van der Waals surface area contributed by atoms with Crippen LogP contribution in [0.5, 0.6) is 11.5 Å². The Bertz CT molecular complexity index is 1600. The van der Waals surface area contributed by atoms with Crippen LogP contribution in [0.3, 0.4) is 0 Å². The van der Waals surface area contributed by atoms with Crippen LogP contribution in [0.4, 0.5) is 0 Å². The van der Waals surface area contributed by atoms with Gasteiger partial charge in [0.2, 0.25) is 0 Å². The van der Waals surface area contributed by atoms with E-state index in [1.807, 2.05) is 72.8 Å². The highest BCUT2D eigenvalue weighted by atomic mass is 16.5. The quantitative estimate of drug-likeness (QED) is 0.223. The number of benzene rings is 4. The molecular formula is C33H28N2O5. The van der Waals surface area contributed by atoms with E-state index in [9.17, 15) is 14.7 Å². The van der Waals surface area contributed by atoms with Gasteiger partial charge in [0.05, 0.1) is 11.1 Å². The predicted molar refractivity (Wildman–Crippen MR) is 152 cm³/mol. The molecule has 0 radical (unpaired) electrons. The molecule has 0 bridgehead atoms. The third-order valence-corrected chi connectivity index (χ3v) is 6.42. The summed E-state index contributed by atoms with van der Waals surface area (Å²) >= 11 is 0. The van der Waals surface area contributed by atoms with E-state index < -0.39 is 17.9 Å². The molecule has 5 rings (SSSR count). The highest BCUT2D eigenvalue weighted by Crippen LogP contribution is 2.31. The number of nitrogens with one attached hydrogen (secondary N) is 1. The van der Waals surface area contributed by atoms with E-state index in [4.69, 9.17) is 9.47 Å². The molecule has 0 saturated heterocycles. The topological polar surface area (TPSA) is 97.8 Å². The van der Waals surface area contributed by atoms with Gasteiger partial charge in [-0.15, -0.1) is 0 Å². The van der Waals surface area contributed by atoms with E-state index in [1.165, 1.54) is 6.20 Å². The Kier molecular flexibility index (Phi) is 8.32. The standard InChI is InChI=1S/C33H28N2O5/c36-32(27-17-18-34-28-14-8-7-13-26(27)28)35-29(33(37)38)19-25-15-16-30(39-21-23-9-3-1-4-10-23)31(20-25)40-22-24-11-5-2-6-12-24/h1-18,20,29H,19,21-22H2,(H,35,36)(H,37,38)/t29-/m0/s1. The molecule has 200 valence electrons. The molecule has 0 saturated carbocycles. The van der Waals surface area contributed by atoms with Crippen molar-refractivity contribution in [2.45, 2.75) is 25.7 Å². The summed E-state index contributed by atoms with van der Waals surface area (Å²) in [5.41, 5.74) is 3.71. The van der Waals surface area contributed by atoms with Gasteiger partial charge in [0.25, 0.3) is 5.91 Å². The van der Waals surface area contributed by atoms with E-state index >= 15 is 0 Å². The van der Waals surface area contributed by atoms with Crippen LogP contribution in [0.25, 0.3) is 10.9 Å². The molecule has 1 amide bonds. The molecule has 40 heavy (non-hydrogen) atoms. The molecule has 2 N–H and O–H groups in total. The molecule has 1 atom stereocenters. The van der Waals surface area contributed by atoms with Crippen LogP contribution in [-0.2, 0) is 24.4 Å². The zero-order chi connectivity index (χ0) is 27.7. The van der Waals surface area contributed by atoms with Gasteiger partial charge in [-0.2, -0.15) is 0 Å². The van der Waals surface area contributed by atoms with Gasteiger partial charge in [0.1, 0.15) is 19.3 Å². The van der Waals surface area contributed by atoms with Gasteiger partial charge in [0, 0.05) is 18.0 Å². The maximum Gasteiger partial charge on any atom is 0.326 e. The van der Waals surface area contributed by atoms with Crippen molar-refractivity contribution < 1.29 is 24.2 Å². The van der Waals surface area contributed by atoms with Gasteiger partial charge in [-0.3, -0.25) is 9.78 Å². The summed E-state index contributed by atoms with van der Waals surface area (Å²) in [6.07, 6.45) is 1.60. The third kappa shape index (κ3) is 6.63. The summed E-state index contributed by atoms with van der Waals surface area (Å²) in [5.74, 6) is -0.576. The van der Waals surface area contributed by atoms with Crippen molar-refractivity contribution in [3.8, 4) is 11.5 Å². The van der Waals surface area contributed by atoms with Crippen molar-refractivity contribution in [1.82, 2.24) is 10.3 Å². The fourth-order valence-electron chi connectivity index (χ4n) is 4.35. The van der Waals surface area contributed by atoms with Crippen molar-refractivity contribution in [1.29, 1.82) is 0 Å². The second-order valence-electron chi connectivity index (χ2n) is 9.27. The molecule has 0 aliphatic rings. The predicted octanol–water partition coefficient (Wildman–Crippen LogP) is 5.82. The number of carboxylic acids is 1. The van der Waals surface area contributed by atoms with Gasteiger partial charge >= 0.3 is 5.97 Å². The molecule has 0 spiro atoms. The van der Waals surface area contributed by atoms with Crippen molar-refractivity contribution in [3.63, 3.8) is 0 Å². The molecule has 7 heteroatoms. The maximum atomic E-state index is 13.1. The monoisotopic (exact) mass is 532 g/mol. The number of rotatable bonds is 11. The number of carbonyl (C=O) groups excluding carboxylic acids is 1. The average Bonchev–Trinajstić information content (AvgIpc) is 2.99. The molecule has 0 unspecified atom stereocenters. The van der Waals surface area contributed by atoms with E-state index in [-0.39, 0.29) is 6.42 Å². The minimum absolute atomic E-state index is 0.0603. The summed E-state index contributed by atoms with van der Waals surface area (Å²) in [4.78, 5) is 29.6. The first-order valence-corrected chi connectivity index (χ1v) is 12.9. The van der Waals surface area contributed by atoms with Crippen molar-refractivity contribution >= 4 is 22.8 Å². The first kappa shape index (κ1) is 26.4. The van der Waals surface area contributed by atoms with E-state index in [0.717, 1.165) is 11.1 Å². The van der Waals surface area contributed by atoms with Gasteiger partial charge in [0.15, 0.2) is 11.5 Å². The Morgan fingerprint density at radius 2 is 1.35 bits per heavy atom. The Morgan fingerprint density at radius 3 is 2.02 bits per heavy atom. The number of amides is 1. The zero-order valence-corrected chi connectivity index (χ0v) is 21.7. The number of hydrogen-bond acceptors (Lipinski definition) is 5. The largest absolute Gasteiger partial charge is 0.485 e. The number of nitrogens with zero attached hydrogens (tertiary/aromatic N) is 1. The van der Waals surface area contributed by atoms with Crippen molar-refractivity contribution in [2.75, 3.05) is 0 Å². The minimum Gasteiger partial charge on any atom is -0.485 e. The Balaban J connectivity index is 1.35. The Labute approximate surface area is 232 Å². The van der Waals surface area contributed by atoms with Crippen LogP contribution in [0.2, 0.25) is 0 Å². The lowest BCUT2D eigenvalue weighted by atomic mass is 10.0. The Morgan fingerprint density at radius 1 is 0.725 bits per heavy atom. The summed E-state index contributed by atoms with van der Waals surface area (Å²) in [7, 11) is 0. The van der Waals surface area contributed by atoms with Gasteiger partial charge < -0.3 is 19.9 Å². The highest BCUT2D eigenvalue weighted by molar-refractivity contribution is 6.07. The number of carboxylic acid groups (broad SMARTS) is 1. The maximum absolute atomic E-state index is 13.1. The number of fused-ring (bicyclic) bond motifs is 1. The van der Waals surface area contributed by atoms with Gasteiger partial charge in [-0.1, -0.05) is 84.9 Å². The normalized spacial score (nSPS) is 11.5. The molecule has 0 aliphatic carbocycles. The van der Waals surface area contributed by atoms with Crippen LogP contribution >= 0.6 is 0 Å². The fourth-order valence-corrected chi connectivity index (χ4v) is 4.35. The number of ether oxygens (including phenoxy) is 2. The summed E-state index contributed by atoms with van der Waals surface area (Å²) in [6, 6.07) is 32.6. The van der Waals surface area contributed by atoms with Crippen LogP contribution in [-0.4, -0.2) is 28.0 Å². The van der Waals surface area contributed by atoms with Crippen molar-refractivity contribution in [3.05, 3.63) is 138 Å². The number of aromatic nitrogens is 1. The molecule has 5 aromatic rings. The van der Waals surface area contributed by atoms with E-state index in [2.05, 4.69) is 10.3 Å². The van der Waals surface area contributed by atoms with Crippen LogP contribution in [0.15, 0.2) is 115 Å². The summed E-state index contributed by atoms with van der Waals surface area (Å²) < 4.78 is 12.2. The molecule has 1 heterocycles. The first-order chi connectivity index (χ1) is 19.6. The van der Waals surface area contributed by atoms with Crippen LogP contribution in [0.1, 0.15) is 27.0 Å². The second kappa shape index (κ2) is 12.6. The lowest BCUT2D eigenvalue weighted by molar-refractivity contribution is -0.139. The Hall–Kier alpha value is -5.17. The fraction of sp³-hybridized carbons (Fsp3) is 0.121. The number of pyridine rings is 1. The summed E-state index contributed by atoms with van der Waals surface area (Å²) in [5, 5.41) is 13.3. The number of hydrogen-bond donors (Lipinski definition) is 2. The van der Waals surface area contributed by atoms with Gasteiger partial charge in [-0.05, 0) is 41.0 Å². The minimum atomic E-state index is -1.16. The second-order valence-corrected chi connectivity index (χ2v) is 9.27. The third-order valence-electron chi connectivity index (χ3n) is 6.42. The lowest BCUT2D eigenvalue weighted by Crippen LogP contribution is -2.42. The van der Waals surface area contributed by atoms with Gasteiger partial charge in [-0.25, -0.2) is 4.79 Å². The van der Waals surface area contributed by atoms with Crippen molar-refractivity contribution in [2.24, 2.45) is 0 Å². The molecule has 0 aliphatic heterocycles. The molecule has 4 aromatic carbocycles. The van der Waals surface area contributed by atoms with E-state index in [0.29, 0.717) is 46.7 Å². The molecule has 0 fully saturated rings. The summed E-state index contributed by atoms with van der Waals surface area (Å²) in [6.45, 7) is 0.676. The van der Waals surface area contributed by atoms with E-state index in [1.54, 1.807) is 36.4 Å². The number of aliphatic carboxylic acids is 1. The van der Waals surface area contributed by atoms with Crippen LogP contribution in [0, 0.1) is 0 Å². The number of para-hydroxylation sites is 1. The number of carbonyl (C=O) groups is 2. The molecule has 7 nitrogen and oxygen atoms in total. The van der Waals surface area contributed by atoms with Crippen LogP contribution < -0.4 is 14.8 Å².